The van der Waals surface area contributed by atoms with E-state index in [9.17, 15) is 0 Å². The number of pyridine rings is 1. The van der Waals surface area contributed by atoms with E-state index in [-0.39, 0.29) is 0 Å². The lowest BCUT2D eigenvalue weighted by Gasteiger charge is -2.04. The van der Waals surface area contributed by atoms with Gasteiger partial charge in [0.25, 0.3) is 0 Å². The van der Waals surface area contributed by atoms with Gasteiger partial charge < -0.3 is 4.74 Å². The average Bonchev–Trinajstić information content (AvgIpc) is 3.13. The van der Waals surface area contributed by atoms with E-state index in [2.05, 4.69) is 36.6 Å². The maximum Gasteiger partial charge on any atom is 0.212 e. The molecule has 134 valence electrons. The van der Waals surface area contributed by atoms with E-state index in [0.717, 1.165) is 22.2 Å². The Morgan fingerprint density at radius 1 is 1.11 bits per heavy atom. The summed E-state index contributed by atoms with van der Waals surface area (Å²) in [5.41, 5.74) is 6.59. The summed E-state index contributed by atoms with van der Waals surface area (Å²) in [4.78, 5) is 12.8. The molecule has 0 atom stereocenters. The lowest BCUT2D eigenvalue weighted by Crippen LogP contribution is -1.99. The molecule has 0 amide bonds. The van der Waals surface area contributed by atoms with Gasteiger partial charge in [0.15, 0.2) is 11.5 Å². The number of hydrogen-bond acceptors (Lipinski definition) is 7. The first kappa shape index (κ1) is 16.6. The first-order valence-corrected chi connectivity index (χ1v) is 8.29. The van der Waals surface area contributed by atoms with E-state index in [1.54, 1.807) is 36.5 Å². The second-order valence-electron chi connectivity index (χ2n) is 5.86. The first-order chi connectivity index (χ1) is 13.2. The van der Waals surface area contributed by atoms with E-state index in [0.29, 0.717) is 17.3 Å². The van der Waals surface area contributed by atoms with Gasteiger partial charge in [-0.3, -0.25) is 5.43 Å². The van der Waals surface area contributed by atoms with E-state index in [1.807, 2.05) is 31.2 Å². The molecule has 3 aromatic heterocycles. The molecule has 0 fully saturated rings. The van der Waals surface area contributed by atoms with Crippen molar-refractivity contribution in [2.45, 2.75) is 6.92 Å². The summed E-state index contributed by atoms with van der Waals surface area (Å²) in [6.45, 7) is 2.04. The summed E-state index contributed by atoms with van der Waals surface area (Å²) < 4.78 is 6.82. The highest BCUT2D eigenvalue weighted by molar-refractivity contribution is 5.88. The van der Waals surface area contributed by atoms with Gasteiger partial charge >= 0.3 is 0 Å². The number of nitrogens with one attached hydrogen (secondary N) is 1. The monoisotopic (exact) mass is 359 g/mol. The molecule has 0 saturated heterocycles. The standard InChI is InChI=1S/C19H17N7O/c1-13-4-3-5-15(8-13)26-19-16(11-24-26)18(21-12-22-19)25-23-10-14-6-7-17(27-2)20-9-14/h3-12H,1-2H3,(H,21,22,25)/b23-10+. The second-order valence-corrected chi connectivity index (χ2v) is 5.86. The third-order valence-electron chi connectivity index (χ3n) is 3.96. The lowest BCUT2D eigenvalue weighted by atomic mass is 10.2. The van der Waals surface area contributed by atoms with Crippen LogP contribution in [0.3, 0.4) is 0 Å². The summed E-state index contributed by atoms with van der Waals surface area (Å²) in [5, 5.41) is 9.46. The van der Waals surface area contributed by atoms with E-state index >= 15 is 0 Å². The molecule has 0 aliphatic heterocycles. The van der Waals surface area contributed by atoms with Crippen LogP contribution in [0.5, 0.6) is 5.88 Å². The fourth-order valence-corrected chi connectivity index (χ4v) is 2.64. The lowest BCUT2D eigenvalue weighted by molar-refractivity contribution is 0.398. The van der Waals surface area contributed by atoms with Crippen LogP contribution < -0.4 is 10.2 Å². The minimum absolute atomic E-state index is 0.557. The number of hydrazone groups is 1. The number of hydrogen-bond donors (Lipinski definition) is 1. The quantitative estimate of drug-likeness (QED) is 0.435. The Morgan fingerprint density at radius 2 is 2.04 bits per heavy atom. The van der Waals surface area contributed by atoms with Crippen LogP contribution in [-0.2, 0) is 0 Å². The molecule has 3 heterocycles. The highest BCUT2D eigenvalue weighted by Crippen LogP contribution is 2.22. The largest absolute Gasteiger partial charge is 0.481 e. The van der Waals surface area contributed by atoms with E-state index in [4.69, 9.17) is 4.74 Å². The van der Waals surface area contributed by atoms with Crippen molar-refractivity contribution in [1.29, 1.82) is 0 Å². The molecule has 8 nitrogen and oxygen atoms in total. The Balaban J connectivity index is 1.60. The molecule has 4 rings (SSSR count). The summed E-state index contributed by atoms with van der Waals surface area (Å²) in [6.07, 6.45) is 6.55. The van der Waals surface area contributed by atoms with Crippen molar-refractivity contribution in [1.82, 2.24) is 24.7 Å². The molecule has 0 bridgehead atoms. The topological polar surface area (TPSA) is 90.1 Å². The van der Waals surface area contributed by atoms with Crippen molar-refractivity contribution in [3.63, 3.8) is 0 Å². The van der Waals surface area contributed by atoms with Crippen LogP contribution in [-0.4, -0.2) is 38.1 Å². The maximum absolute atomic E-state index is 5.04. The third-order valence-corrected chi connectivity index (χ3v) is 3.96. The summed E-state index contributed by atoms with van der Waals surface area (Å²) >= 11 is 0. The Labute approximate surface area is 155 Å². The summed E-state index contributed by atoms with van der Waals surface area (Å²) in [6, 6.07) is 11.7. The zero-order chi connectivity index (χ0) is 18.6. The summed E-state index contributed by atoms with van der Waals surface area (Å²) in [5.74, 6) is 1.14. The van der Waals surface area contributed by atoms with Gasteiger partial charge in [0.05, 0.1) is 30.6 Å². The van der Waals surface area contributed by atoms with Gasteiger partial charge in [-0.05, 0) is 30.7 Å². The minimum atomic E-state index is 0.557. The van der Waals surface area contributed by atoms with E-state index in [1.165, 1.54) is 6.33 Å². The summed E-state index contributed by atoms with van der Waals surface area (Å²) in [7, 11) is 1.58. The number of methoxy groups -OCH3 is 1. The Morgan fingerprint density at radius 3 is 2.81 bits per heavy atom. The number of fused-ring (bicyclic) bond motifs is 1. The van der Waals surface area contributed by atoms with Gasteiger partial charge in [-0.1, -0.05) is 12.1 Å². The predicted octanol–water partition coefficient (Wildman–Crippen LogP) is 2.97. The van der Waals surface area contributed by atoms with Crippen molar-refractivity contribution in [3.05, 3.63) is 66.2 Å². The third kappa shape index (κ3) is 3.45. The zero-order valence-corrected chi connectivity index (χ0v) is 14.9. The normalized spacial score (nSPS) is 11.2. The molecule has 0 saturated carbocycles. The Bertz CT molecular complexity index is 1100. The van der Waals surface area contributed by atoms with Crippen LogP contribution in [0.1, 0.15) is 11.1 Å². The van der Waals surface area contributed by atoms with Crippen LogP contribution >= 0.6 is 0 Å². The molecular formula is C19H17N7O. The van der Waals surface area contributed by atoms with Crippen molar-refractivity contribution in [2.75, 3.05) is 12.5 Å². The molecule has 27 heavy (non-hydrogen) atoms. The molecule has 0 radical (unpaired) electrons. The van der Waals surface area contributed by atoms with Crippen LogP contribution in [0, 0.1) is 6.92 Å². The number of ether oxygens (including phenoxy) is 1. The van der Waals surface area contributed by atoms with Crippen molar-refractivity contribution in [3.8, 4) is 11.6 Å². The molecule has 8 heteroatoms. The average molecular weight is 359 g/mol. The Kier molecular flexibility index (Phi) is 4.44. The molecule has 0 spiro atoms. The first-order valence-electron chi connectivity index (χ1n) is 8.29. The second kappa shape index (κ2) is 7.20. The maximum atomic E-state index is 5.04. The van der Waals surface area contributed by atoms with Gasteiger partial charge in [-0.15, -0.1) is 0 Å². The highest BCUT2D eigenvalue weighted by atomic mass is 16.5. The number of rotatable bonds is 5. The highest BCUT2D eigenvalue weighted by Gasteiger charge is 2.10. The molecular weight excluding hydrogens is 342 g/mol. The predicted molar refractivity (Wildman–Crippen MR) is 103 cm³/mol. The van der Waals surface area contributed by atoms with Crippen molar-refractivity contribution < 1.29 is 4.74 Å². The zero-order valence-electron chi connectivity index (χ0n) is 14.9. The van der Waals surface area contributed by atoms with Gasteiger partial charge in [-0.25, -0.2) is 19.6 Å². The van der Waals surface area contributed by atoms with Crippen LogP contribution in [0.25, 0.3) is 16.7 Å². The number of anilines is 1. The Hall–Kier alpha value is -3.81. The van der Waals surface area contributed by atoms with Gasteiger partial charge in [-0.2, -0.15) is 10.2 Å². The number of nitrogens with zero attached hydrogens (tertiary/aromatic N) is 6. The number of benzene rings is 1. The fraction of sp³-hybridized carbons (Fsp3) is 0.105. The van der Waals surface area contributed by atoms with Crippen LogP contribution in [0.4, 0.5) is 5.82 Å². The molecule has 0 unspecified atom stereocenters. The van der Waals surface area contributed by atoms with E-state index < -0.39 is 0 Å². The number of aromatic nitrogens is 5. The molecule has 0 aliphatic carbocycles. The van der Waals surface area contributed by atoms with Gasteiger partial charge in [0.1, 0.15) is 6.33 Å². The van der Waals surface area contributed by atoms with Gasteiger partial charge in [0, 0.05) is 17.8 Å². The molecule has 1 N–H and O–H groups in total. The molecule has 1 aromatic carbocycles. The van der Waals surface area contributed by atoms with Crippen LogP contribution in [0.15, 0.2) is 60.2 Å². The number of aryl methyl sites for hydroxylation is 1. The van der Waals surface area contributed by atoms with Crippen molar-refractivity contribution in [2.24, 2.45) is 5.10 Å². The minimum Gasteiger partial charge on any atom is -0.481 e. The van der Waals surface area contributed by atoms with Crippen LogP contribution in [0.2, 0.25) is 0 Å². The smallest absolute Gasteiger partial charge is 0.212 e. The molecule has 0 aliphatic rings. The van der Waals surface area contributed by atoms with Gasteiger partial charge in [0.2, 0.25) is 5.88 Å². The molecule has 4 aromatic rings. The SMILES string of the molecule is COc1ccc(/C=N/Nc2ncnc3c2cnn3-c2cccc(C)c2)cn1. The van der Waals surface area contributed by atoms with Crippen molar-refractivity contribution >= 4 is 23.1 Å². The fourth-order valence-electron chi connectivity index (χ4n) is 2.64.